The van der Waals surface area contributed by atoms with E-state index in [1.165, 1.54) is 5.69 Å². The number of nitrogens with zero attached hydrogens (tertiary/aromatic N) is 2. The Morgan fingerprint density at radius 3 is 2.94 bits per heavy atom. The molecule has 0 aliphatic rings. The molecule has 0 spiro atoms. The van der Waals surface area contributed by atoms with Crippen molar-refractivity contribution in [1.29, 1.82) is 0 Å². The van der Waals surface area contributed by atoms with Crippen LogP contribution in [0, 0.1) is 0 Å². The summed E-state index contributed by atoms with van der Waals surface area (Å²) >= 11 is 0. The first kappa shape index (κ1) is 13.2. The fourth-order valence-corrected chi connectivity index (χ4v) is 1.55. The zero-order valence-corrected chi connectivity index (χ0v) is 10.3. The number of ether oxygens (including phenoxy) is 2. The van der Waals surface area contributed by atoms with E-state index in [0.717, 1.165) is 19.6 Å². The van der Waals surface area contributed by atoms with Crippen LogP contribution < -0.4 is 5.32 Å². The van der Waals surface area contributed by atoms with Gasteiger partial charge in [-0.3, -0.25) is 4.68 Å². The quantitative estimate of drug-likeness (QED) is 0.708. The molecule has 0 saturated carbocycles. The molecule has 1 heterocycles. The molecule has 1 N–H and O–H groups in total. The van der Waals surface area contributed by atoms with E-state index in [1.54, 1.807) is 14.2 Å². The maximum Gasteiger partial charge on any atom is 0.0928 e. The molecule has 1 aromatic heterocycles. The molecule has 0 saturated heterocycles. The van der Waals surface area contributed by atoms with E-state index in [-0.39, 0.29) is 6.10 Å². The Morgan fingerprint density at radius 2 is 2.31 bits per heavy atom. The number of aryl methyl sites for hydroxylation is 1. The lowest BCUT2D eigenvalue weighted by molar-refractivity contribution is 0.0287. The Kier molecular flexibility index (Phi) is 6.07. The molecule has 0 aliphatic heterocycles. The lowest BCUT2D eigenvalue weighted by Crippen LogP contribution is -2.32. The van der Waals surface area contributed by atoms with E-state index < -0.39 is 0 Å². The van der Waals surface area contributed by atoms with Crippen LogP contribution >= 0.6 is 0 Å². The molecule has 1 unspecified atom stereocenters. The van der Waals surface area contributed by atoms with E-state index in [1.807, 2.05) is 16.9 Å². The number of hydrogen-bond acceptors (Lipinski definition) is 4. The Bertz CT molecular complexity index is 289. The predicted octanol–water partition coefficient (Wildman–Crippen LogP) is 0.654. The van der Waals surface area contributed by atoms with Gasteiger partial charge < -0.3 is 14.8 Å². The molecule has 0 aromatic carbocycles. The molecule has 0 bridgehead atoms. The third-order valence-corrected chi connectivity index (χ3v) is 2.47. The second kappa shape index (κ2) is 7.38. The third-order valence-electron chi connectivity index (χ3n) is 2.47. The van der Waals surface area contributed by atoms with Crippen molar-refractivity contribution < 1.29 is 9.47 Å². The summed E-state index contributed by atoms with van der Waals surface area (Å²) in [7, 11) is 3.37. The molecule has 0 fully saturated rings. The van der Waals surface area contributed by atoms with Gasteiger partial charge in [0.1, 0.15) is 0 Å². The number of hydrogen-bond donors (Lipinski definition) is 1. The van der Waals surface area contributed by atoms with Gasteiger partial charge in [0.2, 0.25) is 0 Å². The van der Waals surface area contributed by atoms with Crippen molar-refractivity contribution in [2.24, 2.45) is 0 Å². The van der Waals surface area contributed by atoms with Gasteiger partial charge in [-0.2, -0.15) is 5.10 Å². The Balaban J connectivity index is 2.29. The van der Waals surface area contributed by atoms with Crippen molar-refractivity contribution in [3.8, 4) is 0 Å². The Morgan fingerprint density at radius 1 is 1.50 bits per heavy atom. The van der Waals surface area contributed by atoms with Gasteiger partial charge in [0.25, 0.3) is 0 Å². The summed E-state index contributed by atoms with van der Waals surface area (Å²) in [5.41, 5.74) is 1.19. The molecule has 5 heteroatoms. The van der Waals surface area contributed by atoms with E-state index >= 15 is 0 Å². The second-order valence-corrected chi connectivity index (χ2v) is 3.58. The fourth-order valence-electron chi connectivity index (χ4n) is 1.55. The molecule has 0 amide bonds. The summed E-state index contributed by atoms with van der Waals surface area (Å²) in [5, 5.41) is 7.54. The van der Waals surface area contributed by atoms with Gasteiger partial charge in [0.15, 0.2) is 0 Å². The van der Waals surface area contributed by atoms with Gasteiger partial charge in [-0.15, -0.1) is 0 Å². The molecule has 1 aromatic rings. The monoisotopic (exact) mass is 227 g/mol. The molecule has 0 aliphatic carbocycles. The number of aromatic nitrogens is 2. The third kappa shape index (κ3) is 3.92. The molecule has 92 valence electrons. The predicted molar refractivity (Wildman–Crippen MR) is 62.3 cm³/mol. The first-order valence-electron chi connectivity index (χ1n) is 5.55. The van der Waals surface area contributed by atoms with E-state index in [2.05, 4.69) is 17.3 Å². The van der Waals surface area contributed by atoms with Gasteiger partial charge in [-0.1, -0.05) is 0 Å². The number of nitrogens with one attached hydrogen (secondary N) is 1. The normalized spacial score (nSPS) is 12.9. The van der Waals surface area contributed by atoms with Gasteiger partial charge >= 0.3 is 0 Å². The largest absolute Gasteiger partial charge is 0.382 e. The zero-order valence-electron chi connectivity index (χ0n) is 10.3. The number of rotatable bonds is 8. The molecule has 5 nitrogen and oxygen atoms in total. The minimum atomic E-state index is 0.1000. The molecule has 16 heavy (non-hydrogen) atoms. The minimum Gasteiger partial charge on any atom is -0.382 e. The van der Waals surface area contributed by atoms with Crippen LogP contribution in [0.5, 0.6) is 0 Å². The highest BCUT2D eigenvalue weighted by molar-refractivity contribution is 4.99. The highest BCUT2D eigenvalue weighted by Gasteiger charge is 2.06. The summed E-state index contributed by atoms with van der Waals surface area (Å²) in [4.78, 5) is 0. The molecule has 0 radical (unpaired) electrons. The standard InChI is InChI=1S/C11H21N3O2/c1-4-14-10(5-6-13-14)7-12-8-11(16-3)9-15-2/h5-6,11-12H,4,7-9H2,1-3H3. The highest BCUT2D eigenvalue weighted by Crippen LogP contribution is 1.98. The van der Waals surface area contributed by atoms with Crippen LogP contribution in [0.4, 0.5) is 0 Å². The van der Waals surface area contributed by atoms with E-state index in [9.17, 15) is 0 Å². The van der Waals surface area contributed by atoms with Crippen molar-refractivity contribution in [3.63, 3.8) is 0 Å². The minimum absolute atomic E-state index is 0.1000. The smallest absolute Gasteiger partial charge is 0.0928 e. The fraction of sp³-hybridized carbons (Fsp3) is 0.727. The topological polar surface area (TPSA) is 48.3 Å². The first-order chi connectivity index (χ1) is 7.81. The van der Waals surface area contributed by atoms with Crippen LogP contribution in [0.25, 0.3) is 0 Å². The van der Waals surface area contributed by atoms with Crippen molar-refractivity contribution in [3.05, 3.63) is 18.0 Å². The van der Waals surface area contributed by atoms with E-state index in [4.69, 9.17) is 9.47 Å². The molecular weight excluding hydrogens is 206 g/mol. The molecule has 1 atom stereocenters. The van der Waals surface area contributed by atoms with Crippen molar-refractivity contribution >= 4 is 0 Å². The van der Waals surface area contributed by atoms with E-state index in [0.29, 0.717) is 6.61 Å². The summed E-state index contributed by atoms with van der Waals surface area (Å²) in [6.07, 6.45) is 1.92. The molecule has 1 rings (SSSR count). The maximum absolute atomic E-state index is 5.26. The van der Waals surface area contributed by atoms with Crippen molar-refractivity contribution in [2.75, 3.05) is 27.4 Å². The average molecular weight is 227 g/mol. The Labute approximate surface area is 96.7 Å². The average Bonchev–Trinajstić information content (AvgIpc) is 2.75. The van der Waals surface area contributed by atoms with Crippen molar-refractivity contribution in [2.45, 2.75) is 26.1 Å². The van der Waals surface area contributed by atoms with Gasteiger partial charge in [-0.25, -0.2) is 0 Å². The lowest BCUT2D eigenvalue weighted by atomic mass is 10.3. The maximum atomic E-state index is 5.26. The van der Waals surface area contributed by atoms with Gasteiger partial charge in [0, 0.05) is 40.1 Å². The van der Waals surface area contributed by atoms with Gasteiger partial charge in [-0.05, 0) is 13.0 Å². The summed E-state index contributed by atoms with van der Waals surface area (Å²) < 4.78 is 12.3. The molecular formula is C11H21N3O2. The highest BCUT2D eigenvalue weighted by atomic mass is 16.5. The van der Waals surface area contributed by atoms with Crippen LogP contribution in [0.3, 0.4) is 0 Å². The first-order valence-corrected chi connectivity index (χ1v) is 5.55. The summed E-state index contributed by atoms with van der Waals surface area (Å²) in [6, 6.07) is 2.02. The summed E-state index contributed by atoms with van der Waals surface area (Å²) in [6.45, 7) is 5.17. The van der Waals surface area contributed by atoms with Gasteiger partial charge in [0.05, 0.1) is 18.4 Å². The zero-order chi connectivity index (χ0) is 11.8. The number of methoxy groups -OCH3 is 2. The van der Waals surface area contributed by atoms with Crippen LogP contribution in [0.2, 0.25) is 0 Å². The lowest BCUT2D eigenvalue weighted by Gasteiger charge is -2.15. The van der Waals surface area contributed by atoms with Crippen LogP contribution in [-0.2, 0) is 22.6 Å². The Hall–Kier alpha value is -0.910. The summed E-state index contributed by atoms with van der Waals surface area (Å²) in [5.74, 6) is 0. The second-order valence-electron chi connectivity index (χ2n) is 3.58. The van der Waals surface area contributed by atoms with Crippen LogP contribution in [0.1, 0.15) is 12.6 Å². The SMILES string of the molecule is CCn1nccc1CNCC(COC)OC. The van der Waals surface area contributed by atoms with Crippen LogP contribution in [-0.4, -0.2) is 43.3 Å². The van der Waals surface area contributed by atoms with Crippen LogP contribution in [0.15, 0.2) is 12.3 Å². The van der Waals surface area contributed by atoms with Crippen molar-refractivity contribution in [1.82, 2.24) is 15.1 Å².